The Kier molecular flexibility index (Phi) is 8.04. The van der Waals surface area contributed by atoms with Crippen molar-refractivity contribution in [2.45, 2.75) is 45.7 Å². The molecule has 2 unspecified atom stereocenters. The molecule has 0 heterocycles. The predicted molar refractivity (Wildman–Crippen MR) is 94.4 cm³/mol. The maximum absolute atomic E-state index is 6.30. The number of benzene rings is 1. The predicted octanol–water partition coefficient (Wildman–Crippen LogP) is 5.01. The summed E-state index contributed by atoms with van der Waals surface area (Å²) in [7, 11) is 4.31. The average molecular weight is 331 g/mol. The lowest BCUT2D eigenvalue weighted by atomic mass is 9.93. The molecule has 120 valence electrons. The highest BCUT2D eigenvalue weighted by Crippen LogP contribution is 2.30. The van der Waals surface area contributed by atoms with Crippen LogP contribution in [-0.2, 0) is 0 Å². The quantitative estimate of drug-likeness (QED) is 0.720. The van der Waals surface area contributed by atoms with Crippen molar-refractivity contribution < 1.29 is 0 Å². The lowest BCUT2D eigenvalue weighted by molar-refractivity contribution is 0.190. The van der Waals surface area contributed by atoms with E-state index in [2.05, 4.69) is 45.1 Å². The van der Waals surface area contributed by atoms with Crippen molar-refractivity contribution in [2.24, 2.45) is 5.92 Å². The molecular weight excluding hydrogens is 303 g/mol. The first-order valence-electron chi connectivity index (χ1n) is 7.76. The summed E-state index contributed by atoms with van der Waals surface area (Å²) in [6.07, 6.45) is 2.40. The maximum atomic E-state index is 6.30. The topological polar surface area (TPSA) is 15.3 Å². The second kappa shape index (κ2) is 8.99. The molecular formula is C17H28Cl2N2. The third-order valence-electron chi connectivity index (χ3n) is 4.34. The van der Waals surface area contributed by atoms with Crippen molar-refractivity contribution in [3.63, 3.8) is 0 Å². The van der Waals surface area contributed by atoms with Crippen LogP contribution in [0.25, 0.3) is 0 Å². The summed E-state index contributed by atoms with van der Waals surface area (Å²) in [6.45, 7) is 7.62. The van der Waals surface area contributed by atoms with E-state index in [-0.39, 0.29) is 6.04 Å². The van der Waals surface area contributed by atoms with E-state index in [0.29, 0.717) is 22.0 Å². The lowest BCUT2D eigenvalue weighted by Crippen LogP contribution is -2.43. The van der Waals surface area contributed by atoms with Crippen LogP contribution in [0.15, 0.2) is 18.2 Å². The Morgan fingerprint density at radius 2 is 1.76 bits per heavy atom. The van der Waals surface area contributed by atoms with Gasteiger partial charge in [-0.1, -0.05) is 62.0 Å². The molecule has 0 aromatic heterocycles. The van der Waals surface area contributed by atoms with Gasteiger partial charge in [0.05, 0.1) is 10.0 Å². The van der Waals surface area contributed by atoms with Crippen LogP contribution in [0.1, 0.15) is 45.2 Å². The summed E-state index contributed by atoms with van der Waals surface area (Å²) < 4.78 is 0. The molecule has 0 spiro atoms. The van der Waals surface area contributed by atoms with E-state index in [1.807, 2.05) is 18.2 Å². The second-order valence-corrected chi connectivity index (χ2v) is 6.67. The van der Waals surface area contributed by atoms with Crippen LogP contribution in [0.2, 0.25) is 10.0 Å². The first-order valence-corrected chi connectivity index (χ1v) is 8.51. The monoisotopic (exact) mass is 330 g/mol. The minimum absolute atomic E-state index is 0.188. The molecule has 0 saturated carbocycles. The van der Waals surface area contributed by atoms with Crippen LogP contribution in [0.5, 0.6) is 0 Å². The van der Waals surface area contributed by atoms with Crippen molar-refractivity contribution in [3.05, 3.63) is 33.8 Å². The summed E-state index contributed by atoms with van der Waals surface area (Å²) in [5.74, 6) is 0.703. The fourth-order valence-electron chi connectivity index (χ4n) is 2.87. The summed E-state index contributed by atoms with van der Waals surface area (Å²) in [5, 5.41) is 4.89. The molecule has 1 aromatic rings. The summed E-state index contributed by atoms with van der Waals surface area (Å²) in [4.78, 5) is 2.32. The molecule has 0 aliphatic carbocycles. The van der Waals surface area contributed by atoms with Gasteiger partial charge in [0, 0.05) is 18.6 Å². The van der Waals surface area contributed by atoms with E-state index in [0.717, 1.165) is 12.1 Å². The van der Waals surface area contributed by atoms with Gasteiger partial charge < -0.3 is 10.2 Å². The number of rotatable bonds is 8. The Balaban J connectivity index is 2.73. The number of nitrogens with one attached hydrogen (secondary N) is 1. The lowest BCUT2D eigenvalue weighted by Gasteiger charge is -2.32. The first kappa shape index (κ1) is 18.8. The Morgan fingerprint density at radius 1 is 1.14 bits per heavy atom. The molecule has 1 aromatic carbocycles. The zero-order valence-electron chi connectivity index (χ0n) is 13.8. The highest BCUT2D eigenvalue weighted by atomic mass is 35.5. The van der Waals surface area contributed by atoms with Crippen molar-refractivity contribution >= 4 is 23.2 Å². The van der Waals surface area contributed by atoms with Gasteiger partial charge in [-0.3, -0.25) is 0 Å². The van der Waals surface area contributed by atoms with Crippen LogP contribution >= 0.6 is 23.2 Å². The van der Waals surface area contributed by atoms with Crippen LogP contribution in [0.3, 0.4) is 0 Å². The third kappa shape index (κ3) is 5.14. The highest BCUT2D eigenvalue weighted by Gasteiger charge is 2.21. The molecule has 4 heteroatoms. The van der Waals surface area contributed by atoms with Gasteiger partial charge in [0.2, 0.25) is 0 Å². The molecule has 0 aliphatic heterocycles. The normalized spacial score (nSPS) is 14.7. The van der Waals surface area contributed by atoms with E-state index in [1.54, 1.807) is 0 Å². The van der Waals surface area contributed by atoms with Gasteiger partial charge in [0.1, 0.15) is 0 Å². The molecule has 2 nitrogen and oxygen atoms in total. The van der Waals surface area contributed by atoms with Crippen molar-refractivity contribution in [1.82, 2.24) is 10.2 Å². The number of likely N-dealkylation sites (N-methyl/N-ethyl adjacent to an activating group) is 1. The molecule has 21 heavy (non-hydrogen) atoms. The molecule has 0 bridgehead atoms. The van der Waals surface area contributed by atoms with Crippen LogP contribution in [-0.4, -0.2) is 31.6 Å². The Morgan fingerprint density at radius 3 is 2.29 bits per heavy atom. The van der Waals surface area contributed by atoms with Gasteiger partial charge in [0.25, 0.3) is 0 Å². The van der Waals surface area contributed by atoms with Crippen molar-refractivity contribution in [3.8, 4) is 0 Å². The fraction of sp³-hybridized carbons (Fsp3) is 0.647. The molecule has 0 saturated heterocycles. The van der Waals surface area contributed by atoms with Gasteiger partial charge >= 0.3 is 0 Å². The maximum Gasteiger partial charge on any atom is 0.0639 e. The molecule has 1 rings (SSSR count). The molecule has 0 radical (unpaired) electrons. The highest BCUT2D eigenvalue weighted by molar-refractivity contribution is 6.42. The smallest absolute Gasteiger partial charge is 0.0639 e. The van der Waals surface area contributed by atoms with E-state index in [1.165, 1.54) is 12.8 Å². The number of halogens is 2. The summed E-state index contributed by atoms with van der Waals surface area (Å²) in [6, 6.07) is 6.53. The molecule has 1 N–H and O–H groups in total. The van der Waals surface area contributed by atoms with Gasteiger partial charge in [-0.25, -0.2) is 0 Å². The Labute approximate surface area is 139 Å². The molecule has 0 amide bonds. The molecule has 2 atom stereocenters. The number of hydrogen-bond donors (Lipinski definition) is 1. The van der Waals surface area contributed by atoms with Crippen LogP contribution in [0.4, 0.5) is 0 Å². The minimum atomic E-state index is 0.188. The summed E-state index contributed by atoms with van der Waals surface area (Å²) >= 11 is 12.4. The zero-order valence-corrected chi connectivity index (χ0v) is 15.3. The van der Waals surface area contributed by atoms with Gasteiger partial charge in [-0.15, -0.1) is 0 Å². The second-order valence-electron chi connectivity index (χ2n) is 5.88. The van der Waals surface area contributed by atoms with Gasteiger partial charge in [-0.2, -0.15) is 0 Å². The SMILES string of the molecule is CCC(CC)C(CNC(C)c1cccc(Cl)c1Cl)N(C)C. The van der Waals surface area contributed by atoms with Gasteiger partial charge in [0.15, 0.2) is 0 Å². The van der Waals surface area contributed by atoms with Crippen molar-refractivity contribution in [2.75, 3.05) is 20.6 Å². The Bertz CT molecular complexity index is 431. The number of nitrogens with zero attached hydrogens (tertiary/aromatic N) is 1. The van der Waals surface area contributed by atoms with Gasteiger partial charge in [-0.05, 0) is 38.6 Å². The molecule has 0 aliphatic rings. The van der Waals surface area contributed by atoms with E-state index < -0.39 is 0 Å². The van der Waals surface area contributed by atoms with Crippen LogP contribution < -0.4 is 5.32 Å². The van der Waals surface area contributed by atoms with Crippen LogP contribution in [0, 0.1) is 5.92 Å². The first-order chi connectivity index (χ1) is 9.92. The van der Waals surface area contributed by atoms with Crippen molar-refractivity contribution in [1.29, 1.82) is 0 Å². The Hall–Kier alpha value is -0.280. The number of hydrogen-bond acceptors (Lipinski definition) is 2. The largest absolute Gasteiger partial charge is 0.309 e. The summed E-state index contributed by atoms with van der Waals surface area (Å²) in [5.41, 5.74) is 1.06. The standard InChI is InChI=1S/C17H28Cl2N2/c1-6-13(7-2)16(21(4)5)11-20-12(3)14-9-8-10-15(18)17(14)19/h8-10,12-13,16,20H,6-7,11H2,1-5H3. The van der Waals surface area contributed by atoms with E-state index in [4.69, 9.17) is 23.2 Å². The zero-order chi connectivity index (χ0) is 16.0. The minimum Gasteiger partial charge on any atom is -0.309 e. The average Bonchev–Trinajstić information content (AvgIpc) is 2.45. The third-order valence-corrected chi connectivity index (χ3v) is 5.17. The van der Waals surface area contributed by atoms with E-state index >= 15 is 0 Å². The van der Waals surface area contributed by atoms with E-state index in [9.17, 15) is 0 Å². The molecule has 0 fully saturated rings. The fourth-order valence-corrected chi connectivity index (χ4v) is 3.34.